The monoisotopic (exact) mass is 482 g/mol. The third kappa shape index (κ3) is 6.08. The average molecular weight is 483 g/mol. The number of esters is 1. The zero-order valence-electron chi connectivity index (χ0n) is 16.9. The van der Waals surface area contributed by atoms with Crippen LogP contribution in [0.4, 0.5) is 24.0 Å². The number of amides is 1. The first-order valence-electron chi connectivity index (χ1n) is 9.46. The normalized spacial score (nSPS) is 11.3. The van der Waals surface area contributed by atoms with Gasteiger partial charge in [0.15, 0.2) is 5.13 Å². The molecule has 10 heteroatoms. The number of alkyl halides is 3. The van der Waals surface area contributed by atoms with Crippen molar-refractivity contribution in [2.45, 2.75) is 32.5 Å². The van der Waals surface area contributed by atoms with Crippen LogP contribution in [0.25, 0.3) is 0 Å². The standard InChI is InChI=1S/C22H18ClF3N2O3S/c1-14(29)28(18-7-4-6-16(11-18)22(24,25)26)21-27-17(13-32-21)12-31-20(30)10-9-15-5-2-3-8-19(15)23/h2-8,11,13H,9-10,12H2,1H3. The van der Waals surface area contributed by atoms with Crippen LogP contribution in [0, 0.1) is 0 Å². The summed E-state index contributed by atoms with van der Waals surface area (Å²) in [6, 6.07) is 11.6. The van der Waals surface area contributed by atoms with Crippen molar-refractivity contribution in [3.8, 4) is 0 Å². The molecule has 0 aliphatic rings. The summed E-state index contributed by atoms with van der Waals surface area (Å²) in [7, 11) is 0. The fraction of sp³-hybridized carbons (Fsp3) is 0.227. The number of carbonyl (C=O) groups excluding carboxylic acids is 2. The fourth-order valence-electron chi connectivity index (χ4n) is 2.88. The highest BCUT2D eigenvalue weighted by Gasteiger charge is 2.31. The van der Waals surface area contributed by atoms with E-state index in [9.17, 15) is 22.8 Å². The van der Waals surface area contributed by atoms with Gasteiger partial charge in [0.1, 0.15) is 6.61 Å². The van der Waals surface area contributed by atoms with Crippen LogP contribution in [0.15, 0.2) is 53.9 Å². The number of carbonyl (C=O) groups is 2. The number of halogens is 4. The summed E-state index contributed by atoms with van der Waals surface area (Å²) in [5.41, 5.74) is 0.394. The van der Waals surface area contributed by atoms with E-state index in [1.165, 1.54) is 19.1 Å². The predicted octanol–water partition coefficient (Wildman–Crippen LogP) is 6.18. The lowest BCUT2D eigenvalue weighted by molar-refractivity contribution is -0.145. The molecule has 0 unspecified atom stereocenters. The number of aryl methyl sites for hydroxylation is 1. The molecule has 2 aromatic carbocycles. The lowest BCUT2D eigenvalue weighted by atomic mass is 10.1. The van der Waals surface area contributed by atoms with Gasteiger partial charge < -0.3 is 4.74 Å². The predicted molar refractivity (Wildman–Crippen MR) is 116 cm³/mol. The Morgan fingerprint density at radius 1 is 1.16 bits per heavy atom. The molecule has 32 heavy (non-hydrogen) atoms. The van der Waals surface area contributed by atoms with Gasteiger partial charge in [-0.3, -0.25) is 14.5 Å². The van der Waals surface area contributed by atoms with Gasteiger partial charge in [0.05, 0.1) is 16.9 Å². The number of anilines is 2. The summed E-state index contributed by atoms with van der Waals surface area (Å²) in [6.45, 7) is 1.11. The van der Waals surface area contributed by atoms with E-state index < -0.39 is 23.6 Å². The van der Waals surface area contributed by atoms with Gasteiger partial charge >= 0.3 is 12.1 Å². The summed E-state index contributed by atoms with van der Waals surface area (Å²) < 4.78 is 44.3. The molecule has 0 radical (unpaired) electrons. The van der Waals surface area contributed by atoms with Gasteiger partial charge in [-0.1, -0.05) is 35.9 Å². The second-order valence-corrected chi connectivity index (χ2v) is 8.02. The first-order chi connectivity index (χ1) is 15.1. The highest BCUT2D eigenvalue weighted by atomic mass is 35.5. The van der Waals surface area contributed by atoms with Crippen LogP contribution in [-0.2, 0) is 33.5 Å². The van der Waals surface area contributed by atoms with Gasteiger partial charge in [-0.05, 0) is 36.2 Å². The zero-order valence-corrected chi connectivity index (χ0v) is 18.4. The molecule has 0 spiro atoms. The van der Waals surface area contributed by atoms with Crippen LogP contribution in [-0.4, -0.2) is 16.9 Å². The number of rotatable bonds is 7. The van der Waals surface area contributed by atoms with E-state index in [0.717, 1.165) is 33.9 Å². The number of hydrogen-bond acceptors (Lipinski definition) is 5. The highest BCUT2D eigenvalue weighted by Crippen LogP contribution is 2.35. The van der Waals surface area contributed by atoms with Crippen molar-refractivity contribution in [1.82, 2.24) is 4.98 Å². The van der Waals surface area contributed by atoms with Gasteiger partial charge in [-0.2, -0.15) is 13.2 Å². The minimum atomic E-state index is -4.54. The maximum absolute atomic E-state index is 13.0. The van der Waals surface area contributed by atoms with E-state index in [4.69, 9.17) is 16.3 Å². The third-order valence-electron chi connectivity index (χ3n) is 4.41. The van der Waals surface area contributed by atoms with Crippen molar-refractivity contribution >= 4 is 45.6 Å². The number of nitrogens with zero attached hydrogens (tertiary/aromatic N) is 2. The van der Waals surface area contributed by atoms with E-state index in [-0.39, 0.29) is 23.8 Å². The number of thiazole rings is 1. The topological polar surface area (TPSA) is 59.5 Å². The van der Waals surface area contributed by atoms with Gasteiger partial charge in [-0.15, -0.1) is 11.3 Å². The Hall–Kier alpha value is -2.91. The van der Waals surface area contributed by atoms with Crippen molar-refractivity contribution in [3.63, 3.8) is 0 Å². The summed E-state index contributed by atoms with van der Waals surface area (Å²) in [5.74, 6) is -0.942. The van der Waals surface area contributed by atoms with Gasteiger partial charge in [0.2, 0.25) is 5.91 Å². The summed E-state index contributed by atoms with van der Waals surface area (Å²) in [4.78, 5) is 29.5. The maximum Gasteiger partial charge on any atom is 0.416 e. The number of ether oxygens (including phenoxy) is 1. The molecule has 3 rings (SSSR count). The Kier molecular flexibility index (Phi) is 7.52. The van der Waals surface area contributed by atoms with Crippen molar-refractivity contribution in [3.05, 3.63) is 75.8 Å². The van der Waals surface area contributed by atoms with Crippen LogP contribution in [0.3, 0.4) is 0 Å². The molecule has 0 saturated heterocycles. The second kappa shape index (κ2) is 10.1. The molecule has 0 aliphatic carbocycles. The van der Waals surface area contributed by atoms with Gasteiger partial charge in [-0.25, -0.2) is 4.98 Å². The molecule has 1 amide bonds. The zero-order chi connectivity index (χ0) is 23.3. The Morgan fingerprint density at radius 3 is 2.59 bits per heavy atom. The average Bonchev–Trinajstić information content (AvgIpc) is 3.19. The highest BCUT2D eigenvalue weighted by molar-refractivity contribution is 7.14. The van der Waals surface area contributed by atoms with Crippen molar-refractivity contribution < 1.29 is 27.5 Å². The number of aromatic nitrogens is 1. The summed E-state index contributed by atoms with van der Waals surface area (Å²) in [5, 5.41) is 2.34. The fourth-order valence-corrected chi connectivity index (χ4v) is 3.98. The Balaban J connectivity index is 1.65. The third-order valence-corrected chi connectivity index (χ3v) is 5.66. The lowest BCUT2D eigenvalue weighted by Crippen LogP contribution is -2.23. The van der Waals surface area contributed by atoms with E-state index in [1.807, 2.05) is 12.1 Å². The Labute approximate surface area is 191 Å². The number of benzene rings is 2. The van der Waals surface area contributed by atoms with Crippen molar-refractivity contribution in [1.29, 1.82) is 0 Å². The number of hydrogen-bond donors (Lipinski definition) is 0. The quantitative estimate of drug-likeness (QED) is 0.377. The SMILES string of the molecule is CC(=O)N(c1cccc(C(F)(F)F)c1)c1nc(COC(=O)CCc2ccccc2Cl)cs1. The second-order valence-electron chi connectivity index (χ2n) is 6.78. The summed E-state index contributed by atoms with van der Waals surface area (Å²) in [6.07, 6.45) is -3.98. The van der Waals surface area contributed by atoms with Crippen LogP contribution in [0.2, 0.25) is 5.02 Å². The van der Waals surface area contributed by atoms with Crippen LogP contribution in [0.1, 0.15) is 30.2 Å². The van der Waals surface area contributed by atoms with Gasteiger partial charge in [0.25, 0.3) is 0 Å². The van der Waals surface area contributed by atoms with Crippen LogP contribution in [0.5, 0.6) is 0 Å². The Bertz CT molecular complexity index is 1120. The van der Waals surface area contributed by atoms with Crippen molar-refractivity contribution in [2.24, 2.45) is 0 Å². The first-order valence-corrected chi connectivity index (χ1v) is 10.7. The largest absolute Gasteiger partial charge is 0.459 e. The minimum Gasteiger partial charge on any atom is -0.459 e. The summed E-state index contributed by atoms with van der Waals surface area (Å²) >= 11 is 7.13. The molecule has 0 atom stereocenters. The van der Waals surface area contributed by atoms with E-state index >= 15 is 0 Å². The maximum atomic E-state index is 13.0. The minimum absolute atomic E-state index is 0.0463. The molecule has 0 fully saturated rings. The molecular weight excluding hydrogens is 465 g/mol. The molecule has 3 aromatic rings. The molecule has 1 heterocycles. The molecule has 5 nitrogen and oxygen atoms in total. The Morgan fingerprint density at radius 2 is 1.91 bits per heavy atom. The van der Waals surface area contributed by atoms with E-state index in [1.54, 1.807) is 17.5 Å². The lowest BCUT2D eigenvalue weighted by Gasteiger charge is -2.19. The molecule has 0 bridgehead atoms. The molecular formula is C22H18ClF3N2O3S. The van der Waals surface area contributed by atoms with Crippen molar-refractivity contribution in [2.75, 3.05) is 4.90 Å². The first kappa shape index (κ1) is 23.7. The molecule has 168 valence electrons. The van der Waals surface area contributed by atoms with Crippen LogP contribution < -0.4 is 4.90 Å². The molecule has 0 N–H and O–H groups in total. The van der Waals surface area contributed by atoms with E-state index in [0.29, 0.717) is 17.1 Å². The van der Waals surface area contributed by atoms with Gasteiger partial charge in [0, 0.05) is 23.7 Å². The molecule has 1 aromatic heterocycles. The molecule has 0 saturated carbocycles. The van der Waals surface area contributed by atoms with E-state index in [2.05, 4.69) is 4.98 Å². The molecule has 0 aliphatic heterocycles. The van der Waals surface area contributed by atoms with Crippen LogP contribution >= 0.6 is 22.9 Å². The smallest absolute Gasteiger partial charge is 0.416 e.